The van der Waals surface area contributed by atoms with Gasteiger partial charge in [-0.05, 0) is 18.1 Å². The van der Waals surface area contributed by atoms with Crippen molar-refractivity contribution in [2.75, 3.05) is 13.1 Å². The predicted octanol–water partition coefficient (Wildman–Crippen LogP) is 3.96. The molecule has 0 aromatic heterocycles. The van der Waals surface area contributed by atoms with E-state index in [-0.39, 0.29) is 0 Å². The lowest BCUT2D eigenvalue weighted by Crippen LogP contribution is -2.27. The first-order valence-electron chi connectivity index (χ1n) is 6.85. The van der Waals surface area contributed by atoms with Gasteiger partial charge in [-0.25, -0.2) is 0 Å². The molecule has 1 heteroatoms. The lowest BCUT2D eigenvalue weighted by atomic mass is 9.96. The second kappa shape index (κ2) is 5.41. The molecule has 0 spiro atoms. The van der Waals surface area contributed by atoms with Crippen LogP contribution in [0.25, 0.3) is 0 Å². The molecule has 0 fully saturated rings. The predicted molar refractivity (Wildman–Crippen MR) is 80.2 cm³/mol. The van der Waals surface area contributed by atoms with Gasteiger partial charge >= 0.3 is 0 Å². The molecule has 0 amide bonds. The van der Waals surface area contributed by atoms with E-state index in [4.69, 9.17) is 0 Å². The fourth-order valence-corrected chi connectivity index (χ4v) is 2.70. The zero-order valence-corrected chi connectivity index (χ0v) is 11.3. The van der Waals surface area contributed by atoms with Gasteiger partial charge in [-0.2, -0.15) is 0 Å². The van der Waals surface area contributed by atoms with Crippen molar-refractivity contribution in [3.63, 3.8) is 0 Å². The normalized spacial score (nSPS) is 16.7. The summed E-state index contributed by atoms with van der Waals surface area (Å²) in [6.07, 6.45) is 4.51. The van der Waals surface area contributed by atoms with Gasteiger partial charge in [0.1, 0.15) is 0 Å². The molecule has 0 bridgehead atoms. The largest absolute Gasteiger partial charge is 0.285 e. The Balaban J connectivity index is 1.99. The van der Waals surface area contributed by atoms with Crippen LogP contribution in [0.4, 0.5) is 0 Å². The molecule has 2 aromatic carbocycles. The van der Waals surface area contributed by atoms with E-state index in [1.165, 1.54) is 16.7 Å². The molecule has 1 aliphatic heterocycles. The van der Waals surface area contributed by atoms with Crippen molar-refractivity contribution in [1.82, 2.24) is 4.90 Å². The van der Waals surface area contributed by atoms with Gasteiger partial charge in [-0.15, -0.1) is 0 Å². The van der Waals surface area contributed by atoms with Crippen molar-refractivity contribution >= 4 is 0 Å². The quantitative estimate of drug-likeness (QED) is 0.744. The topological polar surface area (TPSA) is 3.24 Å². The lowest BCUT2D eigenvalue weighted by molar-refractivity contribution is 0.293. The van der Waals surface area contributed by atoms with Crippen molar-refractivity contribution in [2.45, 2.75) is 13.0 Å². The Morgan fingerprint density at radius 2 is 1.37 bits per heavy atom. The number of nitrogens with zero attached hydrogens (tertiary/aromatic N) is 1. The van der Waals surface area contributed by atoms with Crippen LogP contribution in [0.2, 0.25) is 0 Å². The van der Waals surface area contributed by atoms with Crippen molar-refractivity contribution in [1.29, 1.82) is 0 Å². The summed E-state index contributed by atoms with van der Waals surface area (Å²) in [4.78, 5) is 2.50. The van der Waals surface area contributed by atoms with E-state index in [0.717, 1.165) is 13.1 Å². The summed E-state index contributed by atoms with van der Waals surface area (Å²) >= 11 is 0. The van der Waals surface area contributed by atoms with Gasteiger partial charge in [0, 0.05) is 13.1 Å². The SMILES string of the molecule is Cc1ccc(C(c2ccccc2)N2CC=CC2)cc1. The van der Waals surface area contributed by atoms with Gasteiger partial charge in [0.2, 0.25) is 0 Å². The molecule has 1 atom stereocenters. The standard InChI is InChI=1S/C18H19N/c1-15-9-11-17(12-10-15)18(19-13-5-6-14-19)16-7-3-2-4-8-16/h2-12,18H,13-14H2,1H3. The smallest absolute Gasteiger partial charge is 0.0607 e. The maximum Gasteiger partial charge on any atom is 0.0607 e. The summed E-state index contributed by atoms with van der Waals surface area (Å²) in [7, 11) is 0. The molecular weight excluding hydrogens is 230 g/mol. The molecule has 1 unspecified atom stereocenters. The maximum atomic E-state index is 2.50. The van der Waals surface area contributed by atoms with E-state index in [9.17, 15) is 0 Å². The van der Waals surface area contributed by atoms with E-state index in [0.29, 0.717) is 6.04 Å². The number of aryl methyl sites for hydroxylation is 1. The summed E-state index contributed by atoms with van der Waals surface area (Å²) in [5.41, 5.74) is 4.06. The second-order valence-electron chi connectivity index (χ2n) is 5.15. The van der Waals surface area contributed by atoms with Crippen LogP contribution in [-0.2, 0) is 0 Å². The number of benzene rings is 2. The fourth-order valence-electron chi connectivity index (χ4n) is 2.70. The third-order valence-corrected chi connectivity index (χ3v) is 3.72. The zero-order valence-electron chi connectivity index (χ0n) is 11.3. The highest BCUT2D eigenvalue weighted by Crippen LogP contribution is 2.29. The highest BCUT2D eigenvalue weighted by Gasteiger charge is 2.22. The molecule has 1 nitrogen and oxygen atoms in total. The van der Waals surface area contributed by atoms with E-state index in [2.05, 4.69) is 78.6 Å². The first kappa shape index (κ1) is 12.2. The average Bonchev–Trinajstić information content (AvgIpc) is 2.96. The van der Waals surface area contributed by atoms with Gasteiger partial charge in [0.05, 0.1) is 6.04 Å². The van der Waals surface area contributed by atoms with Gasteiger partial charge < -0.3 is 0 Å². The van der Waals surface area contributed by atoms with Crippen LogP contribution in [0.1, 0.15) is 22.7 Å². The second-order valence-corrected chi connectivity index (χ2v) is 5.15. The van der Waals surface area contributed by atoms with Crippen molar-refractivity contribution in [2.24, 2.45) is 0 Å². The molecule has 1 aliphatic rings. The molecule has 2 aromatic rings. The Labute approximate surface area is 115 Å². The van der Waals surface area contributed by atoms with Crippen molar-refractivity contribution in [3.05, 3.63) is 83.4 Å². The number of hydrogen-bond donors (Lipinski definition) is 0. The minimum Gasteiger partial charge on any atom is -0.285 e. The molecule has 0 aliphatic carbocycles. The summed E-state index contributed by atoms with van der Waals surface area (Å²) in [6, 6.07) is 20.1. The molecule has 0 saturated heterocycles. The highest BCUT2D eigenvalue weighted by molar-refractivity contribution is 5.34. The lowest BCUT2D eigenvalue weighted by Gasteiger charge is -2.28. The van der Waals surface area contributed by atoms with Crippen LogP contribution in [-0.4, -0.2) is 18.0 Å². The maximum absolute atomic E-state index is 2.50. The van der Waals surface area contributed by atoms with Crippen LogP contribution in [0, 0.1) is 6.92 Å². The Kier molecular flexibility index (Phi) is 3.47. The molecule has 0 N–H and O–H groups in total. The van der Waals surface area contributed by atoms with Crippen LogP contribution < -0.4 is 0 Å². The van der Waals surface area contributed by atoms with Gasteiger partial charge in [0.15, 0.2) is 0 Å². The van der Waals surface area contributed by atoms with Crippen LogP contribution in [0.3, 0.4) is 0 Å². The van der Waals surface area contributed by atoms with Gasteiger partial charge in [-0.1, -0.05) is 72.3 Å². The van der Waals surface area contributed by atoms with Crippen LogP contribution >= 0.6 is 0 Å². The van der Waals surface area contributed by atoms with E-state index in [1.807, 2.05) is 0 Å². The molecule has 1 heterocycles. The van der Waals surface area contributed by atoms with Gasteiger partial charge in [0.25, 0.3) is 0 Å². The number of rotatable bonds is 3. The minimum atomic E-state index is 0.358. The minimum absolute atomic E-state index is 0.358. The molecule has 96 valence electrons. The molecule has 0 saturated carbocycles. The van der Waals surface area contributed by atoms with Gasteiger partial charge in [-0.3, -0.25) is 4.90 Å². The average molecular weight is 249 g/mol. The molecule has 3 rings (SSSR count). The number of hydrogen-bond acceptors (Lipinski definition) is 1. The Hall–Kier alpha value is -1.86. The van der Waals surface area contributed by atoms with Crippen molar-refractivity contribution in [3.8, 4) is 0 Å². The third kappa shape index (κ3) is 2.61. The highest BCUT2D eigenvalue weighted by atomic mass is 15.2. The van der Waals surface area contributed by atoms with E-state index >= 15 is 0 Å². The summed E-state index contributed by atoms with van der Waals surface area (Å²) < 4.78 is 0. The zero-order chi connectivity index (χ0) is 13.1. The Bertz CT molecular complexity index is 546. The summed E-state index contributed by atoms with van der Waals surface area (Å²) in [6.45, 7) is 4.21. The fraction of sp³-hybridized carbons (Fsp3) is 0.222. The Morgan fingerprint density at radius 3 is 2.00 bits per heavy atom. The molecular formula is C18H19N. The molecule has 0 radical (unpaired) electrons. The Morgan fingerprint density at radius 1 is 0.789 bits per heavy atom. The van der Waals surface area contributed by atoms with Crippen molar-refractivity contribution < 1.29 is 0 Å². The van der Waals surface area contributed by atoms with Crippen LogP contribution in [0.5, 0.6) is 0 Å². The van der Waals surface area contributed by atoms with Crippen LogP contribution in [0.15, 0.2) is 66.7 Å². The third-order valence-electron chi connectivity index (χ3n) is 3.72. The summed E-state index contributed by atoms with van der Waals surface area (Å²) in [5, 5.41) is 0. The first-order chi connectivity index (χ1) is 9.34. The molecule has 19 heavy (non-hydrogen) atoms. The van der Waals surface area contributed by atoms with E-state index in [1.54, 1.807) is 0 Å². The summed E-state index contributed by atoms with van der Waals surface area (Å²) in [5.74, 6) is 0. The monoisotopic (exact) mass is 249 g/mol. The first-order valence-corrected chi connectivity index (χ1v) is 6.85. The van der Waals surface area contributed by atoms with E-state index < -0.39 is 0 Å².